The molecule has 23 heavy (non-hydrogen) atoms. The number of hydrogen-bond donors (Lipinski definition) is 1. The van der Waals surface area contributed by atoms with Gasteiger partial charge in [-0.05, 0) is 44.9 Å². The van der Waals surface area contributed by atoms with Crippen molar-refractivity contribution in [3.05, 3.63) is 41.7 Å². The number of nitrogens with zero attached hydrogens (tertiary/aromatic N) is 2. The predicted molar refractivity (Wildman–Crippen MR) is 93.5 cm³/mol. The Hall–Kier alpha value is -1.63. The molecular formula is C17H23N3O2S. The third-order valence-corrected chi connectivity index (χ3v) is 4.83. The number of aromatic nitrogens is 2. The first-order valence-corrected chi connectivity index (χ1v) is 8.57. The van der Waals surface area contributed by atoms with Gasteiger partial charge in [-0.25, -0.2) is 4.98 Å². The lowest BCUT2D eigenvalue weighted by molar-refractivity contribution is 0.398. The molecule has 0 aliphatic heterocycles. The fraction of sp³-hybridized carbons (Fsp3) is 0.412. The Morgan fingerprint density at radius 2 is 2.00 bits per heavy atom. The summed E-state index contributed by atoms with van der Waals surface area (Å²) in [4.78, 5) is 8.65. The molecule has 0 aliphatic carbocycles. The highest BCUT2D eigenvalue weighted by atomic mass is 32.2. The van der Waals surface area contributed by atoms with Crippen molar-refractivity contribution in [3.63, 3.8) is 0 Å². The minimum absolute atomic E-state index is 0.282. The average Bonchev–Trinajstić information content (AvgIpc) is 2.51. The van der Waals surface area contributed by atoms with Crippen molar-refractivity contribution in [2.45, 2.75) is 39.0 Å². The Balaban J connectivity index is 2.14. The summed E-state index contributed by atoms with van der Waals surface area (Å²) in [7, 11) is 1.59. The highest BCUT2D eigenvalue weighted by molar-refractivity contribution is 7.90. The van der Waals surface area contributed by atoms with Gasteiger partial charge in [-0.2, -0.15) is 0 Å². The minimum Gasteiger partial charge on any atom is -0.598 e. The molecule has 2 aromatic heterocycles. The van der Waals surface area contributed by atoms with Crippen molar-refractivity contribution in [1.29, 1.82) is 0 Å². The number of aryl methyl sites for hydroxylation is 1. The molecule has 124 valence electrons. The first kappa shape index (κ1) is 17.7. The standard InChI is InChI=1S/C17H23N3O2S/c1-12-8-13(11-20-23(21)17(2,3)4)10-19-16(12)14-6-7-18-15(9-14)22-5/h6-10,20H,11H2,1-5H3. The molecule has 0 bridgehead atoms. The van der Waals surface area contributed by atoms with E-state index < -0.39 is 11.4 Å². The Labute approximate surface area is 140 Å². The number of nitrogens with one attached hydrogen (secondary N) is 1. The lowest BCUT2D eigenvalue weighted by Gasteiger charge is -2.23. The molecule has 2 rings (SSSR count). The minimum atomic E-state index is -1.09. The van der Waals surface area contributed by atoms with E-state index in [1.54, 1.807) is 13.3 Å². The first-order chi connectivity index (χ1) is 10.8. The molecule has 0 amide bonds. The first-order valence-electron chi connectivity index (χ1n) is 7.42. The lowest BCUT2D eigenvalue weighted by atomic mass is 10.1. The Morgan fingerprint density at radius 1 is 1.26 bits per heavy atom. The van der Waals surface area contributed by atoms with Crippen LogP contribution in [0.3, 0.4) is 0 Å². The van der Waals surface area contributed by atoms with Crippen molar-refractivity contribution in [2.75, 3.05) is 7.11 Å². The number of pyridine rings is 2. The van der Waals surface area contributed by atoms with E-state index >= 15 is 0 Å². The number of hydrogen-bond acceptors (Lipinski definition) is 5. The Kier molecular flexibility index (Phi) is 5.62. The van der Waals surface area contributed by atoms with Gasteiger partial charge in [0.1, 0.15) is 4.75 Å². The zero-order chi connectivity index (χ0) is 17.0. The van der Waals surface area contributed by atoms with Gasteiger partial charge in [0.15, 0.2) is 0 Å². The van der Waals surface area contributed by atoms with Crippen molar-refractivity contribution >= 4 is 11.4 Å². The summed E-state index contributed by atoms with van der Waals surface area (Å²) in [5.41, 5.74) is 3.92. The smallest absolute Gasteiger partial charge is 0.213 e. The van der Waals surface area contributed by atoms with Gasteiger partial charge >= 0.3 is 0 Å². The van der Waals surface area contributed by atoms with Crippen molar-refractivity contribution in [2.24, 2.45) is 0 Å². The predicted octanol–water partition coefficient (Wildman–Crippen LogP) is 3.01. The SMILES string of the molecule is COc1cc(-c2ncc(CN[S+]([O-])C(C)(C)C)cc2C)ccn1. The summed E-state index contributed by atoms with van der Waals surface area (Å²) >= 11 is -1.09. The molecule has 0 aliphatic rings. The Morgan fingerprint density at radius 3 is 2.61 bits per heavy atom. The molecule has 0 spiro atoms. The van der Waals surface area contributed by atoms with Crippen LogP contribution in [0, 0.1) is 6.92 Å². The molecule has 1 unspecified atom stereocenters. The molecule has 2 heterocycles. The van der Waals surface area contributed by atoms with E-state index in [-0.39, 0.29) is 4.75 Å². The Bertz CT molecular complexity index is 671. The van der Waals surface area contributed by atoms with Crippen LogP contribution in [0.1, 0.15) is 31.9 Å². The second kappa shape index (κ2) is 7.29. The molecule has 1 atom stereocenters. The molecule has 2 aromatic rings. The molecule has 6 heteroatoms. The molecule has 0 saturated carbocycles. The van der Waals surface area contributed by atoms with E-state index in [0.717, 1.165) is 22.4 Å². The van der Waals surface area contributed by atoms with Crippen LogP contribution in [-0.2, 0) is 17.9 Å². The molecule has 0 radical (unpaired) electrons. The summed E-state index contributed by atoms with van der Waals surface area (Å²) in [6, 6.07) is 5.83. The van der Waals surface area contributed by atoms with Gasteiger partial charge in [-0.1, -0.05) is 6.07 Å². The maximum absolute atomic E-state index is 12.0. The van der Waals surface area contributed by atoms with Gasteiger partial charge in [0.05, 0.1) is 19.3 Å². The van der Waals surface area contributed by atoms with Crippen molar-refractivity contribution < 1.29 is 9.29 Å². The van der Waals surface area contributed by atoms with Gasteiger partial charge in [0, 0.05) is 35.4 Å². The van der Waals surface area contributed by atoms with Crippen LogP contribution in [0.4, 0.5) is 0 Å². The maximum Gasteiger partial charge on any atom is 0.213 e. The van der Waals surface area contributed by atoms with Crippen LogP contribution in [0.2, 0.25) is 0 Å². The monoisotopic (exact) mass is 333 g/mol. The summed E-state index contributed by atoms with van der Waals surface area (Å²) in [5.74, 6) is 0.565. The maximum atomic E-state index is 12.0. The summed E-state index contributed by atoms with van der Waals surface area (Å²) < 4.78 is 20.0. The zero-order valence-electron chi connectivity index (χ0n) is 14.2. The fourth-order valence-electron chi connectivity index (χ4n) is 2.07. The van der Waals surface area contributed by atoms with E-state index in [4.69, 9.17) is 4.74 Å². The zero-order valence-corrected chi connectivity index (χ0v) is 15.0. The van der Waals surface area contributed by atoms with E-state index in [1.807, 2.05) is 46.0 Å². The quantitative estimate of drug-likeness (QED) is 0.852. The average molecular weight is 333 g/mol. The van der Waals surface area contributed by atoms with Crippen LogP contribution in [-0.4, -0.2) is 26.4 Å². The van der Waals surface area contributed by atoms with Crippen molar-refractivity contribution in [1.82, 2.24) is 14.7 Å². The summed E-state index contributed by atoms with van der Waals surface area (Å²) in [6.07, 6.45) is 3.51. The third-order valence-electron chi connectivity index (χ3n) is 3.32. The van der Waals surface area contributed by atoms with Gasteiger partial charge in [0.25, 0.3) is 0 Å². The van der Waals surface area contributed by atoms with Gasteiger partial charge in [0.2, 0.25) is 5.88 Å². The molecule has 1 N–H and O–H groups in total. The topological polar surface area (TPSA) is 70.1 Å². The summed E-state index contributed by atoms with van der Waals surface area (Å²) in [5, 5.41) is 0. The third kappa shape index (κ3) is 4.67. The summed E-state index contributed by atoms with van der Waals surface area (Å²) in [6.45, 7) is 8.37. The van der Waals surface area contributed by atoms with Crippen molar-refractivity contribution in [3.8, 4) is 17.1 Å². The largest absolute Gasteiger partial charge is 0.598 e. The number of ether oxygens (including phenoxy) is 1. The molecular weight excluding hydrogens is 310 g/mol. The lowest BCUT2D eigenvalue weighted by Crippen LogP contribution is -2.38. The van der Waals surface area contributed by atoms with Gasteiger partial charge < -0.3 is 9.29 Å². The van der Waals surface area contributed by atoms with Gasteiger partial charge in [-0.15, -0.1) is 4.72 Å². The van der Waals surface area contributed by atoms with Gasteiger partial charge in [-0.3, -0.25) is 4.98 Å². The van der Waals surface area contributed by atoms with E-state index in [1.165, 1.54) is 0 Å². The van der Waals surface area contributed by atoms with E-state index in [0.29, 0.717) is 12.4 Å². The number of rotatable bonds is 5. The molecule has 5 nitrogen and oxygen atoms in total. The normalized spacial score (nSPS) is 13.0. The van der Waals surface area contributed by atoms with E-state index in [9.17, 15) is 4.55 Å². The highest BCUT2D eigenvalue weighted by Crippen LogP contribution is 2.24. The van der Waals surface area contributed by atoms with Crippen LogP contribution in [0.25, 0.3) is 11.3 Å². The second-order valence-electron chi connectivity index (χ2n) is 6.30. The molecule has 0 fully saturated rings. The van der Waals surface area contributed by atoms with Crippen LogP contribution in [0.5, 0.6) is 5.88 Å². The molecule has 0 aromatic carbocycles. The highest BCUT2D eigenvalue weighted by Gasteiger charge is 2.26. The van der Waals surface area contributed by atoms with Crippen LogP contribution < -0.4 is 9.46 Å². The second-order valence-corrected chi connectivity index (χ2v) is 8.35. The van der Waals surface area contributed by atoms with E-state index in [2.05, 4.69) is 20.8 Å². The van der Waals surface area contributed by atoms with Crippen LogP contribution >= 0.6 is 0 Å². The number of methoxy groups -OCH3 is 1. The molecule has 0 saturated heterocycles. The fourth-order valence-corrected chi connectivity index (χ4v) is 2.80. The van der Waals surface area contributed by atoms with Crippen LogP contribution in [0.15, 0.2) is 30.6 Å².